The zero-order valence-corrected chi connectivity index (χ0v) is 14.2. The monoisotopic (exact) mass is 325 g/mol. The SMILES string of the molecule is Cc1cccc(C)c1NC(=O)C(C)Sc1ncc2ccccn12. The molecule has 1 aromatic carbocycles. The summed E-state index contributed by atoms with van der Waals surface area (Å²) < 4.78 is 1.99. The van der Waals surface area contributed by atoms with Crippen LogP contribution in [0.25, 0.3) is 5.52 Å². The van der Waals surface area contributed by atoms with Gasteiger partial charge in [-0.2, -0.15) is 0 Å². The average molecular weight is 325 g/mol. The lowest BCUT2D eigenvalue weighted by Gasteiger charge is -2.15. The first-order valence-corrected chi connectivity index (χ1v) is 8.40. The van der Waals surface area contributed by atoms with Gasteiger partial charge in [-0.25, -0.2) is 4.98 Å². The zero-order valence-electron chi connectivity index (χ0n) is 13.4. The number of nitrogens with zero attached hydrogens (tertiary/aromatic N) is 2. The molecule has 0 spiro atoms. The van der Waals surface area contributed by atoms with E-state index in [0.717, 1.165) is 27.5 Å². The van der Waals surface area contributed by atoms with Crippen LogP contribution in [0.5, 0.6) is 0 Å². The van der Waals surface area contributed by atoms with Crippen molar-refractivity contribution in [3.05, 3.63) is 59.9 Å². The van der Waals surface area contributed by atoms with Gasteiger partial charge in [-0.1, -0.05) is 36.0 Å². The number of nitrogens with one attached hydrogen (secondary N) is 1. The molecule has 2 aromatic heterocycles. The van der Waals surface area contributed by atoms with E-state index >= 15 is 0 Å². The third-order valence-electron chi connectivity index (χ3n) is 3.79. The van der Waals surface area contributed by atoms with Crippen molar-refractivity contribution in [2.24, 2.45) is 0 Å². The number of aromatic nitrogens is 2. The molecular weight excluding hydrogens is 306 g/mol. The summed E-state index contributed by atoms with van der Waals surface area (Å²) in [6, 6.07) is 11.9. The van der Waals surface area contributed by atoms with Gasteiger partial charge in [-0.05, 0) is 44.0 Å². The van der Waals surface area contributed by atoms with Crippen molar-refractivity contribution >= 4 is 28.9 Å². The van der Waals surface area contributed by atoms with E-state index in [2.05, 4.69) is 10.3 Å². The van der Waals surface area contributed by atoms with E-state index < -0.39 is 0 Å². The molecule has 3 rings (SSSR count). The molecule has 1 unspecified atom stereocenters. The Morgan fingerprint density at radius 3 is 2.65 bits per heavy atom. The Labute approximate surface area is 139 Å². The third kappa shape index (κ3) is 3.24. The van der Waals surface area contributed by atoms with E-state index in [4.69, 9.17) is 0 Å². The summed E-state index contributed by atoms with van der Waals surface area (Å²) in [4.78, 5) is 16.9. The number of pyridine rings is 1. The second-order valence-electron chi connectivity index (χ2n) is 5.55. The molecule has 1 atom stereocenters. The van der Waals surface area contributed by atoms with Gasteiger partial charge in [0.05, 0.1) is 17.0 Å². The highest BCUT2D eigenvalue weighted by atomic mass is 32.2. The lowest BCUT2D eigenvalue weighted by atomic mass is 10.1. The highest BCUT2D eigenvalue weighted by Gasteiger charge is 2.18. The largest absolute Gasteiger partial charge is 0.325 e. The summed E-state index contributed by atoms with van der Waals surface area (Å²) in [6.07, 6.45) is 3.78. The number of aryl methyl sites for hydroxylation is 2. The van der Waals surface area contributed by atoms with Gasteiger partial charge < -0.3 is 5.32 Å². The average Bonchev–Trinajstić information content (AvgIpc) is 2.94. The number of benzene rings is 1. The van der Waals surface area contributed by atoms with Crippen LogP contribution in [0.2, 0.25) is 0 Å². The lowest BCUT2D eigenvalue weighted by Crippen LogP contribution is -2.23. The van der Waals surface area contributed by atoms with Crippen LogP contribution in [0.15, 0.2) is 53.9 Å². The van der Waals surface area contributed by atoms with Gasteiger partial charge in [0.15, 0.2) is 5.16 Å². The molecule has 0 saturated carbocycles. The van der Waals surface area contributed by atoms with E-state index in [1.165, 1.54) is 11.8 Å². The van der Waals surface area contributed by atoms with E-state index in [9.17, 15) is 4.79 Å². The quantitative estimate of drug-likeness (QED) is 0.736. The molecular formula is C18H19N3OS. The van der Waals surface area contributed by atoms with Crippen LogP contribution >= 0.6 is 11.8 Å². The molecule has 23 heavy (non-hydrogen) atoms. The summed E-state index contributed by atoms with van der Waals surface area (Å²) in [5.74, 6) is -0.0138. The van der Waals surface area contributed by atoms with Crippen LogP contribution in [0.1, 0.15) is 18.1 Å². The number of carbonyl (C=O) groups is 1. The molecule has 0 aliphatic carbocycles. The van der Waals surface area contributed by atoms with Crippen molar-refractivity contribution in [2.75, 3.05) is 5.32 Å². The van der Waals surface area contributed by atoms with E-state index in [0.29, 0.717) is 0 Å². The standard InChI is InChI=1S/C18H19N3OS/c1-12-7-6-8-13(2)16(12)20-17(22)14(3)23-18-19-11-15-9-4-5-10-21(15)18/h4-11,14H,1-3H3,(H,20,22). The van der Waals surface area contributed by atoms with E-state index in [1.54, 1.807) is 0 Å². The molecule has 0 saturated heterocycles. The fourth-order valence-corrected chi connectivity index (χ4v) is 3.33. The molecule has 118 valence electrons. The minimum Gasteiger partial charge on any atom is -0.325 e. The maximum absolute atomic E-state index is 12.5. The van der Waals surface area contributed by atoms with Crippen molar-refractivity contribution in [2.45, 2.75) is 31.2 Å². The van der Waals surface area contributed by atoms with Crippen LogP contribution in [-0.2, 0) is 4.79 Å². The van der Waals surface area contributed by atoms with Crippen LogP contribution in [0, 0.1) is 13.8 Å². The number of carbonyl (C=O) groups excluding carboxylic acids is 1. The number of hydrogen-bond acceptors (Lipinski definition) is 3. The summed E-state index contributed by atoms with van der Waals surface area (Å²) in [7, 11) is 0. The number of hydrogen-bond donors (Lipinski definition) is 1. The predicted octanol–water partition coefficient (Wildman–Crippen LogP) is 4.07. The first-order chi connectivity index (χ1) is 11.1. The van der Waals surface area contributed by atoms with Gasteiger partial charge in [-0.3, -0.25) is 9.20 Å². The Morgan fingerprint density at radius 2 is 1.91 bits per heavy atom. The number of para-hydroxylation sites is 1. The Morgan fingerprint density at radius 1 is 1.17 bits per heavy atom. The molecule has 0 fully saturated rings. The first-order valence-electron chi connectivity index (χ1n) is 7.52. The van der Waals surface area contributed by atoms with Crippen molar-refractivity contribution in [1.29, 1.82) is 0 Å². The number of anilines is 1. The molecule has 0 aliphatic heterocycles. The molecule has 3 aromatic rings. The maximum atomic E-state index is 12.5. The van der Waals surface area contributed by atoms with Crippen LogP contribution in [-0.4, -0.2) is 20.5 Å². The number of amides is 1. The first kappa shape index (κ1) is 15.6. The number of rotatable bonds is 4. The minimum absolute atomic E-state index is 0.0138. The highest BCUT2D eigenvalue weighted by molar-refractivity contribution is 8.00. The summed E-state index contributed by atoms with van der Waals surface area (Å²) in [5, 5.41) is 3.63. The summed E-state index contributed by atoms with van der Waals surface area (Å²) in [5.41, 5.74) is 4.07. The van der Waals surface area contributed by atoms with Gasteiger partial charge in [-0.15, -0.1) is 0 Å². The van der Waals surface area contributed by atoms with E-state index in [-0.39, 0.29) is 11.2 Å². The van der Waals surface area contributed by atoms with Crippen molar-refractivity contribution < 1.29 is 4.79 Å². The van der Waals surface area contributed by atoms with Gasteiger partial charge in [0.25, 0.3) is 0 Å². The van der Waals surface area contributed by atoms with Gasteiger partial charge in [0, 0.05) is 11.9 Å². The second kappa shape index (κ2) is 6.46. The molecule has 4 nitrogen and oxygen atoms in total. The summed E-state index contributed by atoms with van der Waals surface area (Å²) in [6.45, 7) is 5.91. The maximum Gasteiger partial charge on any atom is 0.237 e. The molecule has 5 heteroatoms. The molecule has 1 N–H and O–H groups in total. The van der Waals surface area contributed by atoms with Crippen LogP contribution in [0.3, 0.4) is 0 Å². The van der Waals surface area contributed by atoms with Crippen molar-refractivity contribution in [1.82, 2.24) is 9.38 Å². The molecule has 1 amide bonds. The topological polar surface area (TPSA) is 46.4 Å². The van der Waals surface area contributed by atoms with Gasteiger partial charge in [0.2, 0.25) is 5.91 Å². The number of fused-ring (bicyclic) bond motifs is 1. The van der Waals surface area contributed by atoms with Crippen molar-refractivity contribution in [3.63, 3.8) is 0 Å². The Balaban J connectivity index is 1.75. The Hall–Kier alpha value is -2.27. The zero-order chi connectivity index (χ0) is 16.4. The van der Waals surface area contributed by atoms with Gasteiger partial charge in [0.1, 0.15) is 0 Å². The fourth-order valence-electron chi connectivity index (χ4n) is 2.45. The molecule has 0 aliphatic rings. The normalized spacial score (nSPS) is 12.3. The van der Waals surface area contributed by atoms with Crippen molar-refractivity contribution in [3.8, 4) is 0 Å². The second-order valence-corrected chi connectivity index (χ2v) is 6.86. The molecule has 0 radical (unpaired) electrons. The van der Waals surface area contributed by atoms with Gasteiger partial charge >= 0.3 is 0 Å². The number of imidazole rings is 1. The smallest absolute Gasteiger partial charge is 0.237 e. The third-order valence-corrected chi connectivity index (χ3v) is 4.87. The Kier molecular flexibility index (Phi) is 4.39. The molecule has 2 heterocycles. The van der Waals surface area contributed by atoms with E-state index in [1.807, 2.05) is 74.0 Å². The lowest BCUT2D eigenvalue weighted by molar-refractivity contribution is -0.115. The summed E-state index contributed by atoms with van der Waals surface area (Å²) >= 11 is 1.46. The number of thioether (sulfide) groups is 1. The Bertz CT molecular complexity index is 836. The van der Waals surface area contributed by atoms with Crippen LogP contribution in [0.4, 0.5) is 5.69 Å². The fraction of sp³-hybridized carbons (Fsp3) is 0.222. The van der Waals surface area contributed by atoms with Crippen LogP contribution < -0.4 is 5.32 Å². The highest BCUT2D eigenvalue weighted by Crippen LogP contribution is 2.25. The molecule has 0 bridgehead atoms. The minimum atomic E-state index is -0.236. The predicted molar refractivity (Wildman–Crippen MR) is 95.1 cm³/mol.